The summed E-state index contributed by atoms with van der Waals surface area (Å²) < 4.78 is 2.14. The molecular formula is C12H10N6OS. The molecule has 0 unspecified atom stereocenters. The van der Waals surface area contributed by atoms with Gasteiger partial charge in [-0.2, -0.15) is 5.10 Å². The van der Waals surface area contributed by atoms with Crippen LogP contribution < -0.4 is 10.0 Å². The number of aromatic nitrogens is 4. The molecule has 0 radical (unpaired) electrons. The van der Waals surface area contributed by atoms with Gasteiger partial charge in [-0.15, -0.1) is 0 Å². The van der Waals surface area contributed by atoms with Crippen LogP contribution in [0.5, 0.6) is 0 Å². The van der Waals surface area contributed by atoms with Crippen LogP contribution in [0.3, 0.4) is 0 Å². The minimum atomic E-state index is -0.484. The van der Waals surface area contributed by atoms with Gasteiger partial charge in [0.2, 0.25) is 5.95 Å². The number of carbonyl (C=O) groups is 1. The van der Waals surface area contributed by atoms with Crippen LogP contribution in [0, 0.1) is 0 Å². The number of hydrogen-bond acceptors (Lipinski definition) is 5. The van der Waals surface area contributed by atoms with E-state index in [0.29, 0.717) is 0 Å². The Labute approximate surface area is 119 Å². The molecule has 100 valence electrons. The van der Waals surface area contributed by atoms with Gasteiger partial charge >= 0.3 is 6.03 Å². The summed E-state index contributed by atoms with van der Waals surface area (Å²) >= 11 is 3.64. The van der Waals surface area contributed by atoms with Crippen molar-refractivity contribution in [3.63, 3.8) is 0 Å². The minimum absolute atomic E-state index is 0.222. The van der Waals surface area contributed by atoms with Crippen LogP contribution in [0.25, 0.3) is 22.0 Å². The topological polar surface area (TPSA) is 95.6 Å². The number of nitrogens with one attached hydrogen (secondary N) is 3. The van der Waals surface area contributed by atoms with Gasteiger partial charge in [-0.25, -0.2) is 14.8 Å². The van der Waals surface area contributed by atoms with Crippen LogP contribution in [0.1, 0.15) is 0 Å². The van der Waals surface area contributed by atoms with Crippen LogP contribution >= 0.6 is 12.8 Å². The molecule has 20 heavy (non-hydrogen) atoms. The average molecular weight is 286 g/mol. The fourth-order valence-corrected chi connectivity index (χ4v) is 1.87. The third-order valence-corrected chi connectivity index (χ3v) is 2.94. The van der Waals surface area contributed by atoms with Crippen molar-refractivity contribution in [2.45, 2.75) is 0 Å². The van der Waals surface area contributed by atoms with Gasteiger partial charge in [-0.3, -0.25) is 15.1 Å². The molecule has 1 aromatic carbocycles. The van der Waals surface area contributed by atoms with E-state index in [9.17, 15) is 4.79 Å². The smallest absolute Gasteiger partial charge is 0.285 e. The molecule has 0 aliphatic carbocycles. The third-order valence-electron chi connectivity index (χ3n) is 2.74. The molecule has 0 fully saturated rings. The Morgan fingerprint density at radius 1 is 1.25 bits per heavy atom. The summed E-state index contributed by atoms with van der Waals surface area (Å²) in [6, 6.07) is 5.27. The van der Waals surface area contributed by atoms with Crippen molar-refractivity contribution >= 4 is 35.7 Å². The summed E-state index contributed by atoms with van der Waals surface area (Å²) in [5.74, 6) is 0.222. The van der Waals surface area contributed by atoms with Crippen molar-refractivity contribution in [3.8, 4) is 11.1 Å². The largest absolute Gasteiger partial charge is 0.331 e. The molecule has 3 N–H and O–H groups in total. The van der Waals surface area contributed by atoms with Crippen molar-refractivity contribution in [1.29, 1.82) is 0 Å². The van der Waals surface area contributed by atoms with Gasteiger partial charge in [-0.05, 0) is 17.7 Å². The predicted octanol–water partition coefficient (Wildman–Crippen LogP) is 1.99. The lowest BCUT2D eigenvalue weighted by Gasteiger charge is -2.04. The van der Waals surface area contributed by atoms with Crippen LogP contribution in [0.4, 0.5) is 10.7 Å². The summed E-state index contributed by atoms with van der Waals surface area (Å²) in [6.07, 6.45) is 5.21. The monoisotopic (exact) mass is 286 g/mol. The molecule has 0 saturated heterocycles. The standard InChI is InChI=1S/C12H10N6OS/c19-12(18-20)17-11-13-4-8-3-7(1-2-10(8)16-11)9-5-14-15-6-9/h1-6,20H,(H,14,15)(H2,13,16,17,18,19). The van der Waals surface area contributed by atoms with Crippen LogP contribution in [-0.4, -0.2) is 26.2 Å². The van der Waals surface area contributed by atoms with E-state index in [1.54, 1.807) is 12.4 Å². The van der Waals surface area contributed by atoms with E-state index >= 15 is 0 Å². The normalized spacial score (nSPS) is 10.4. The number of hydrogen-bond donors (Lipinski definition) is 4. The molecule has 0 aliphatic rings. The lowest BCUT2D eigenvalue weighted by Crippen LogP contribution is -2.21. The van der Waals surface area contributed by atoms with Crippen molar-refractivity contribution in [2.75, 3.05) is 5.32 Å². The van der Waals surface area contributed by atoms with E-state index in [0.717, 1.165) is 22.0 Å². The number of anilines is 1. The number of urea groups is 1. The highest BCUT2D eigenvalue weighted by Gasteiger charge is 2.05. The first-order valence-corrected chi connectivity index (χ1v) is 6.18. The lowest BCUT2D eigenvalue weighted by molar-refractivity contribution is 0.257. The quantitative estimate of drug-likeness (QED) is 0.542. The molecule has 3 aromatic rings. The first kappa shape index (κ1) is 12.4. The number of rotatable bonds is 2. The molecule has 3 rings (SSSR count). The predicted molar refractivity (Wildman–Crippen MR) is 78.3 cm³/mol. The lowest BCUT2D eigenvalue weighted by atomic mass is 10.1. The average Bonchev–Trinajstić information content (AvgIpc) is 3.01. The van der Waals surface area contributed by atoms with E-state index in [1.807, 2.05) is 24.4 Å². The van der Waals surface area contributed by atoms with Crippen LogP contribution in [-0.2, 0) is 0 Å². The van der Waals surface area contributed by atoms with Gasteiger partial charge in [0.25, 0.3) is 0 Å². The van der Waals surface area contributed by atoms with Crippen molar-refractivity contribution in [3.05, 3.63) is 36.8 Å². The Hall–Kier alpha value is -2.61. The molecule has 8 heteroatoms. The maximum Gasteiger partial charge on any atom is 0.331 e. The Morgan fingerprint density at radius 2 is 2.15 bits per heavy atom. The van der Waals surface area contributed by atoms with E-state index in [-0.39, 0.29) is 5.95 Å². The molecule has 2 aromatic heterocycles. The molecule has 7 nitrogen and oxygen atoms in total. The number of benzene rings is 1. The summed E-state index contributed by atoms with van der Waals surface area (Å²) in [7, 11) is 0. The molecule has 0 spiro atoms. The zero-order valence-corrected chi connectivity index (χ0v) is 11.1. The van der Waals surface area contributed by atoms with Gasteiger partial charge in [0.1, 0.15) is 0 Å². The Morgan fingerprint density at radius 3 is 2.90 bits per heavy atom. The zero-order valence-electron chi connectivity index (χ0n) is 10.2. The Kier molecular flexibility index (Phi) is 3.21. The van der Waals surface area contributed by atoms with Crippen LogP contribution in [0.15, 0.2) is 36.8 Å². The molecule has 0 atom stereocenters. The number of nitrogens with zero attached hydrogens (tertiary/aromatic N) is 3. The number of H-pyrrole nitrogens is 1. The van der Waals surface area contributed by atoms with Crippen molar-refractivity contribution in [2.24, 2.45) is 0 Å². The van der Waals surface area contributed by atoms with E-state index in [2.05, 4.69) is 43.0 Å². The second-order valence-corrected chi connectivity index (χ2v) is 4.24. The number of thiol groups is 1. The Balaban J connectivity index is 1.97. The van der Waals surface area contributed by atoms with Crippen LogP contribution in [0.2, 0.25) is 0 Å². The molecule has 2 heterocycles. The highest BCUT2D eigenvalue weighted by molar-refractivity contribution is 7.78. The molecule has 2 amide bonds. The van der Waals surface area contributed by atoms with Gasteiger partial charge in [-0.1, -0.05) is 18.9 Å². The number of fused-ring (bicyclic) bond motifs is 1. The fraction of sp³-hybridized carbons (Fsp3) is 0. The summed E-state index contributed by atoms with van der Waals surface area (Å²) in [5.41, 5.74) is 2.74. The maximum absolute atomic E-state index is 11.1. The van der Waals surface area contributed by atoms with Gasteiger partial charge in [0.05, 0.1) is 11.7 Å². The second kappa shape index (κ2) is 5.17. The number of carbonyl (C=O) groups excluding carboxylic acids is 1. The fourth-order valence-electron chi connectivity index (χ4n) is 1.81. The van der Waals surface area contributed by atoms with Crippen molar-refractivity contribution < 1.29 is 4.79 Å². The van der Waals surface area contributed by atoms with E-state index in [1.165, 1.54) is 0 Å². The molecule has 0 saturated carbocycles. The zero-order chi connectivity index (χ0) is 13.9. The third kappa shape index (κ3) is 2.41. The summed E-state index contributed by atoms with van der Waals surface area (Å²) in [5, 5.41) is 10.0. The highest BCUT2D eigenvalue weighted by Crippen LogP contribution is 2.22. The second-order valence-electron chi connectivity index (χ2n) is 4.02. The molecule has 0 aliphatic heterocycles. The summed E-state index contributed by atoms with van der Waals surface area (Å²) in [4.78, 5) is 19.5. The Bertz CT molecular complexity index is 758. The molecule has 0 bridgehead atoms. The SMILES string of the molecule is O=C(NS)Nc1ncc2cc(-c3cn[nH]c3)ccc2n1. The molecular weight excluding hydrogens is 276 g/mol. The highest BCUT2D eigenvalue weighted by atomic mass is 32.1. The maximum atomic E-state index is 11.1. The van der Waals surface area contributed by atoms with E-state index in [4.69, 9.17) is 0 Å². The summed E-state index contributed by atoms with van der Waals surface area (Å²) in [6.45, 7) is 0. The number of amides is 2. The van der Waals surface area contributed by atoms with Crippen molar-refractivity contribution in [1.82, 2.24) is 24.9 Å². The van der Waals surface area contributed by atoms with Gasteiger partial charge < -0.3 is 0 Å². The van der Waals surface area contributed by atoms with Gasteiger partial charge in [0.15, 0.2) is 0 Å². The minimum Gasteiger partial charge on any atom is -0.285 e. The van der Waals surface area contributed by atoms with E-state index < -0.39 is 6.03 Å². The first-order chi connectivity index (χ1) is 9.76. The number of aromatic amines is 1. The van der Waals surface area contributed by atoms with Gasteiger partial charge in [0, 0.05) is 23.3 Å². The first-order valence-electron chi connectivity index (χ1n) is 5.73.